The van der Waals surface area contributed by atoms with Crippen molar-refractivity contribution < 1.29 is 72.0 Å². The van der Waals surface area contributed by atoms with Crippen molar-refractivity contribution >= 4 is 98.7 Å². The zero-order chi connectivity index (χ0) is 79.1. The Bertz CT molecular complexity index is 4370. The summed E-state index contributed by atoms with van der Waals surface area (Å²) in [5.74, 6) is -5.02. The van der Waals surface area contributed by atoms with Crippen molar-refractivity contribution in [1.82, 2.24) is 55.4 Å². The van der Waals surface area contributed by atoms with Gasteiger partial charge in [0.1, 0.15) is 39.5 Å². The molecule has 8 N–H and O–H groups in total. The van der Waals surface area contributed by atoms with Crippen LogP contribution in [0.2, 0.25) is 0 Å². The lowest BCUT2D eigenvalue weighted by atomic mass is 9.83. The summed E-state index contributed by atoms with van der Waals surface area (Å²) in [6, 6.07) is 12.0. The highest BCUT2D eigenvalue weighted by atomic mass is 32.2. The summed E-state index contributed by atoms with van der Waals surface area (Å²) in [4.78, 5) is 115. The molecule has 5 unspecified atom stereocenters. The standard InChI is InChI=1S/C38H57N5O8S2.C36H52N6O8S3/c1-10-24-21-38(24,32(46)42-53(50,51)25-17-13-11-14-18-25)40-30(44)28-27-26(36(27,8)9)22-43(28)31(45)29(34(2,3)4)39-33(47)41-37(19-15-12-16-20-37)23-52(48,49)35(5,6)7;1-33(2,3)24(21-41(9)53(49,50)25-16-13-19-51-25)37-32(46)38-28(34(4,5)6)30(44)42-20-23-26(35(23,7)8)27(42)29(43)39-36(17-18-36)31(45)40-52(47,48)22-14-11-10-12-15-22/h10-11,13-14,17-18,24,26-29H,1,12,15-16,19-23H2,2-9H3,(H,40,44)(H,42,46)(H2,39,41,47);10-16,19,23-24,26-28H,17-18,20-21H2,1-9H3,(H,39,43)(H,40,45)(H2,37,38,46)/t24?,26?,27-,28?,29+,38+;23?,24-,26+,27?,28-/m01/s1. The van der Waals surface area contributed by atoms with Gasteiger partial charge in [0, 0.05) is 38.6 Å². The van der Waals surface area contributed by atoms with Gasteiger partial charge in [0.2, 0.25) is 23.6 Å². The Hall–Kier alpha value is -7.00. The maximum absolute atomic E-state index is 14.6. The van der Waals surface area contributed by atoms with Crippen LogP contribution in [0.5, 0.6) is 0 Å². The fourth-order valence-electron chi connectivity index (χ4n) is 15.5. The predicted octanol–water partition coefficient (Wildman–Crippen LogP) is 6.80. The molecule has 32 heteroatoms. The highest BCUT2D eigenvalue weighted by molar-refractivity contribution is 7.93. The molecule has 10 rings (SSSR count). The third kappa shape index (κ3) is 17.2. The number of sulfone groups is 1. The molecule has 5 aliphatic carbocycles. The van der Waals surface area contributed by atoms with Crippen molar-refractivity contribution in [3.63, 3.8) is 0 Å². The summed E-state index contributed by atoms with van der Waals surface area (Å²) < 4.78 is 110. The Morgan fingerprint density at radius 2 is 1.03 bits per heavy atom. The van der Waals surface area contributed by atoms with Crippen LogP contribution in [0, 0.1) is 56.7 Å². The second-order valence-corrected chi connectivity index (χ2v) is 44.8. The summed E-state index contributed by atoms with van der Waals surface area (Å²) in [6.45, 7) is 33.7. The zero-order valence-corrected chi connectivity index (χ0v) is 68.0. The number of nitrogens with zero attached hydrogens (tertiary/aromatic N) is 3. The summed E-state index contributed by atoms with van der Waals surface area (Å²) >= 11 is 1.10. The van der Waals surface area contributed by atoms with Gasteiger partial charge in [0.25, 0.3) is 41.9 Å². The van der Waals surface area contributed by atoms with Crippen LogP contribution in [-0.2, 0) is 68.7 Å². The fraction of sp³-hybridized carbons (Fsp3) is 0.649. The van der Waals surface area contributed by atoms with E-state index in [0.717, 1.165) is 30.6 Å². The lowest BCUT2D eigenvalue weighted by molar-refractivity contribution is -0.144. The van der Waals surface area contributed by atoms with Gasteiger partial charge in [-0.15, -0.1) is 17.9 Å². The van der Waals surface area contributed by atoms with Crippen LogP contribution >= 0.6 is 11.3 Å². The molecule has 27 nitrogen and oxygen atoms in total. The molecule has 3 aromatic rings. The number of sulfonamides is 3. The number of hydrogen-bond donors (Lipinski definition) is 8. The van der Waals surface area contributed by atoms with E-state index in [1.165, 1.54) is 81.8 Å². The van der Waals surface area contributed by atoms with Crippen molar-refractivity contribution in [1.29, 1.82) is 0 Å². The van der Waals surface area contributed by atoms with E-state index >= 15 is 0 Å². The molecular weight excluding hydrogens is 1460 g/mol. The second-order valence-electron chi connectivity index (χ2n) is 35.5. The molecule has 2 saturated heterocycles. The normalized spacial score (nSPS) is 25.5. The van der Waals surface area contributed by atoms with Gasteiger partial charge in [0.15, 0.2) is 9.84 Å². The molecular formula is C74H109N11O16S5. The number of carbonyl (C=O) groups excluding carboxylic acids is 8. The quantitative estimate of drug-likeness (QED) is 0.0452. The first kappa shape index (κ1) is 83.0. The van der Waals surface area contributed by atoms with Crippen LogP contribution in [0.15, 0.2) is 105 Å². The molecule has 0 spiro atoms. The molecule has 5 saturated carbocycles. The molecule has 0 radical (unpaired) electrons. The van der Waals surface area contributed by atoms with Crippen LogP contribution in [0.1, 0.15) is 162 Å². The van der Waals surface area contributed by atoms with Crippen LogP contribution in [0.3, 0.4) is 0 Å². The molecule has 1 aromatic heterocycles. The highest BCUT2D eigenvalue weighted by Crippen LogP contribution is 2.66. The fourth-order valence-corrected chi connectivity index (χ4v) is 21.5. The van der Waals surface area contributed by atoms with E-state index in [2.05, 4.69) is 47.9 Å². The Kier molecular flexibility index (Phi) is 22.8. The first-order chi connectivity index (χ1) is 48.6. The second kappa shape index (κ2) is 29.1. The molecule has 586 valence electrons. The van der Waals surface area contributed by atoms with Gasteiger partial charge in [-0.25, -0.2) is 52.7 Å². The predicted molar refractivity (Wildman–Crippen MR) is 402 cm³/mol. The van der Waals surface area contributed by atoms with Gasteiger partial charge >= 0.3 is 12.1 Å². The number of nitrogens with one attached hydrogen (secondary N) is 8. The molecule has 2 aromatic carbocycles. The van der Waals surface area contributed by atoms with Crippen LogP contribution in [0.4, 0.5) is 9.59 Å². The first-order valence-corrected chi connectivity index (χ1v) is 43.1. The first-order valence-electron chi connectivity index (χ1n) is 36.1. The third-order valence-corrected chi connectivity index (χ3v) is 31.7. The highest BCUT2D eigenvalue weighted by Gasteiger charge is 2.73. The number of benzene rings is 2. The van der Waals surface area contributed by atoms with Crippen molar-refractivity contribution in [2.45, 2.75) is 228 Å². The van der Waals surface area contributed by atoms with Crippen molar-refractivity contribution in [3.05, 3.63) is 90.8 Å². The monoisotopic (exact) mass is 1570 g/mol. The number of thiophene rings is 1. The van der Waals surface area contributed by atoms with E-state index in [1.807, 2.05) is 48.5 Å². The maximum atomic E-state index is 14.6. The number of likely N-dealkylation sites (tertiary alicyclic amines) is 2. The third-order valence-electron chi connectivity index (χ3n) is 23.0. The summed E-state index contributed by atoms with van der Waals surface area (Å²) in [6.07, 6.45) is 5.53. The Morgan fingerprint density at radius 1 is 0.575 bits per heavy atom. The topological polar surface area (TPSA) is 379 Å². The van der Waals surface area contributed by atoms with Crippen LogP contribution in [-0.4, -0.2) is 179 Å². The van der Waals surface area contributed by atoms with Gasteiger partial charge < -0.3 is 41.7 Å². The van der Waals surface area contributed by atoms with Crippen molar-refractivity contribution in [3.8, 4) is 0 Å². The summed E-state index contributed by atoms with van der Waals surface area (Å²) in [5, 5.41) is 18.9. The average molecular weight is 1570 g/mol. The van der Waals surface area contributed by atoms with E-state index in [1.54, 1.807) is 85.9 Å². The van der Waals surface area contributed by atoms with Crippen molar-refractivity contribution in [2.24, 2.45) is 56.7 Å². The minimum Gasteiger partial charge on any atom is -0.340 e. The number of hydrogen-bond acceptors (Lipinski definition) is 17. The Labute approximate surface area is 630 Å². The van der Waals surface area contributed by atoms with E-state index in [0.29, 0.717) is 12.8 Å². The summed E-state index contributed by atoms with van der Waals surface area (Å²) in [5.41, 5.74) is -6.73. The molecule has 10 amide bonds. The largest absolute Gasteiger partial charge is 0.340 e. The number of piperidine rings is 2. The van der Waals surface area contributed by atoms with E-state index in [4.69, 9.17) is 0 Å². The lowest BCUT2D eigenvalue weighted by Crippen LogP contribution is -2.64. The number of fused-ring (bicyclic) bond motifs is 2. The molecule has 7 fully saturated rings. The van der Waals surface area contributed by atoms with Gasteiger partial charge in [0.05, 0.1) is 25.8 Å². The number of urea groups is 2. The Morgan fingerprint density at radius 3 is 1.43 bits per heavy atom. The smallest absolute Gasteiger partial charge is 0.315 e. The van der Waals surface area contributed by atoms with Gasteiger partial charge in [-0.3, -0.25) is 28.8 Å². The van der Waals surface area contributed by atoms with Crippen LogP contribution < -0.4 is 41.3 Å². The summed E-state index contributed by atoms with van der Waals surface area (Å²) in [7, 11) is -14.3. The molecule has 7 aliphatic rings. The minimum absolute atomic E-state index is 0.00480. The van der Waals surface area contributed by atoms with Crippen LogP contribution in [0.25, 0.3) is 0 Å². The Balaban J connectivity index is 0.000000245. The van der Waals surface area contributed by atoms with Gasteiger partial charge in [-0.2, -0.15) is 4.31 Å². The SMILES string of the molecule is C=CC1C[C@]1(NC(=O)C1[C@@H]2C(CN1C(=O)[C@@H](NC(=O)NC1(CS(=O)(=O)C(C)(C)C)CCCCC1)C(C)(C)C)C2(C)C)C(=O)NS(=O)(=O)c1ccccc1.CN(C[C@@H](NC(=O)N[C@H](C(=O)N1CC2[C@@H](C1C(=O)NC1(C(=O)NS(=O)(=O)c3ccccc3)CC1)C2(C)C)C(C)(C)C)C(C)(C)C)S(=O)(=O)c1cccs1. The average Bonchev–Trinajstić information content (AvgIpc) is 1.52. The molecule has 0 bridgehead atoms. The van der Waals surface area contributed by atoms with Gasteiger partial charge in [-0.05, 0) is 139 Å². The molecule has 11 atom stereocenters. The van der Waals surface area contributed by atoms with E-state index in [9.17, 15) is 72.0 Å². The number of amides is 10. The van der Waals surface area contributed by atoms with Crippen molar-refractivity contribution in [2.75, 3.05) is 32.4 Å². The molecule has 106 heavy (non-hydrogen) atoms. The van der Waals surface area contributed by atoms with E-state index < -0.39 is 161 Å². The van der Waals surface area contributed by atoms with Gasteiger partial charge in [-0.1, -0.05) is 158 Å². The van der Waals surface area contributed by atoms with E-state index in [-0.39, 0.29) is 93.2 Å². The molecule has 3 heterocycles. The molecule has 2 aliphatic heterocycles. The maximum Gasteiger partial charge on any atom is 0.315 e. The number of likely N-dealkylation sites (N-methyl/N-ethyl adjacent to an activating group) is 1. The lowest BCUT2D eigenvalue weighted by Gasteiger charge is -2.41. The number of carbonyl (C=O) groups is 8. The number of rotatable bonds is 23. The zero-order valence-electron chi connectivity index (χ0n) is 64.0. The minimum atomic E-state index is -4.24.